The zero-order valence-corrected chi connectivity index (χ0v) is 13.2. The van der Waals surface area contributed by atoms with Gasteiger partial charge in [-0.1, -0.05) is 12.1 Å². The number of halogens is 1. The van der Waals surface area contributed by atoms with Crippen molar-refractivity contribution < 1.29 is 17.9 Å². The molecule has 0 heterocycles. The predicted octanol–water partition coefficient (Wildman–Crippen LogP) is 2.11. The summed E-state index contributed by atoms with van der Waals surface area (Å²) in [4.78, 5) is 13.9. The Morgan fingerprint density at radius 3 is 2.50 bits per heavy atom. The number of amides is 1. The number of hydrogen-bond acceptors (Lipinski definition) is 4. The molecular formula is C13H18ClNO4S. The number of carbonyl (C=O) groups excluding carboxylic acids is 1. The molecule has 20 heavy (non-hydrogen) atoms. The highest BCUT2D eigenvalue weighted by Crippen LogP contribution is 2.22. The van der Waals surface area contributed by atoms with Crippen LogP contribution >= 0.6 is 10.7 Å². The van der Waals surface area contributed by atoms with Gasteiger partial charge in [0.25, 0.3) is 15.0 Å². The fraction of sp³-hybridized carbons (Fsp3) is 0.462. The summed E-state index contributed by atoms with van der Waals surface area (Å²) in [5.74, 6) is -0.378. The molecule has 0 spiro atoms. The first kappa shape index (κ1) is 16.9. The average molecular weight is 320 g/mol. The molecule has 5 nitrogen and oxygen atoms in total. The van der Waals surface area contributed by atoms with E-state index in [4.69, 9.17) is 15.4 Å². The SMILES string of the molecule is CCN(C(=O)c1ccccc1S(=O)(=O)Cl)C(C)COC. The number of methoxy groups -OCH3 is 1. The Morgan fingerprint density at radius 1 is 1.40 bits per heavy atom. The van der Waals surface area contributed by atoms with Gasteiger partial charge in [0.05, 0.1) is 23.1 Å². The van der Waals surface area contributed by atoms with Crippen LogP contribution < -0.4 is 0 Å². The van der Waals surface area contributed by atoms with Crippen molar-refractivity contribution in [2.45, 2.75) is 24.8 Å². The van der Waals surface area contributed by atoms with Crippen molar-refractivity contribution in [3.8, 4) is 0 Å². The third-order valence-electron chi connectivity index (χ3n) is 2.92. The molecule has 1 unspecified atom stereocenters. The smallest absolute Gasteiger partial charge is 0.262 e. The van der Waals surface area contributed by atoms with Crippen molar-refractivity contribution in [1.29, 1.82) is 0 Å². The van der Waals surface area contributed by atoms with Crippen molar-refractivity contribution in [2.75, 3.05) is 20.3 Å². The fourth-order valence-electron chi connectivity index (χ4n) is 2.00. The quantitative estimate of drug-likeness (QED) is 0.753. The average Bonchev–Trinajstić information content (AvgIpc) is 2.38. The number of ether oxygens (including phenoxy) is 1. The van der Waals surface area contributed by atoms with Crippen LogP contribution in [0.2, 0.25) is 0 Å². The summed E-state index contributed by atoms with van der Waals surface area (Å²) < 4.78 is 28.1. The molecule has 7 heteroatoms. The molecule has 1 atom stereocenters. The van der Waals surface area contributed by atoms with Crippen LogP contribution in [0.15, 0.2) is 29.2 Å². The summed E-state index contributed by atoms with van der Waals surface area (Å²) in [5.41, 5.74) is 0.0762. The number of benzene rings is 1. The summed E-state index contributed by atoms with van der Waals surface area (Å²) in [5, 5.41) is 0. The second-order valence-corrected chi connectivity index (χ2v) is 6.86. The molecule has 0 aliphatic carbocycles. The van der Waals surface area contributed by atoms with Crippen LogP contribution in [0.25, 0.3) is 0 Å². The van der Waals surface area contributed by atoms with Gasteiger partial charge >= 0.3 is 0 Å². The Balaban J connectivity index is 3.20. The van der Waals surface area contributed by atoms with E-state index in [9.17, 15) is 13.2 Å². The van der Waals surface area contributed by atoms with Crippen molar-refractivity contribution in [3.63, 3.8) is 0 Å². The second-order valence-electron chi connectivity index (χ2n) is 4.33. The van der Waals surface area contributed by atoms with Gasteiger partial charge < -0.3 is 9.64 Å². The lowest BCUT2D eigenvalue weighted by Crippen LogP contribution is -2.41. The number of likely N-dealkylation sites (N-methyl/N-ethyl adjacent to an activating group) is 1. The molecule has 0 aliphatic rings. The molecule has 112 valence electrons. The van der Waals surface area contributed by atoms with Gasteiger partial charge in [-0.2, -0.15) is 0 Å². The minimum Gasteiger partial charge on any atom is -0.383 e. The van der Waals surface area contributed by atoms with E-state index in [1.54, 1.807) is 18.1 Å². The van der Waals surface area contributed by atoms with Crippen LogP contribution in [-0.4, -0.2) is 45.5 Å². The summed E-state index contributed by atoms with van der Waals surface area (Å²) >= 11 is 0. The maximum Gasteiger partial charge on any atom is 0.262 e. The Morgan fingerprint density at radius 2 is 2.00 bits per heavy atom. The third-order valence-corrected chi connectivity index (χ3v) is 4.30. The van der Waals surface area contributed by atoms with Gasteiger partial charge in [-0.15, -0.1) is 0 Å². The fourth-order valence-corrected chi connectivity index (χ4v) is 3.06. The Labute approximate surface area is 123 Å². The highest BCUT2D eigenvalue weighted by Gasteiger charge is 2.25. The highest BCUT2D eigenvalue weighted by atomic mass is 35.7. The maximum absolute atomic E-state index is 12.5. The molecular weight excluding hydrogens is 302 g/mol. The van der Waals surface area contributed by atoms with E-state index in [1.807, 2.05) is 13.8 Å². The number of carbonyl (C=O) groups is 1. The molecule has 0 N–H and O–H groups in total. The van der Waals surface area contributed by atoms with E-state index in [0.717, 1.165) is 0 Å². The minimum absolute atomic E-state index is 0.0762. The first-order valence-corrected chi connectivity index (χ1v) is 8.47. The molecule has 1 aromatic carbocycles. The molecule has 0 saturated heterocycles. The van der Waals surface area contributed by atoms with Crippen LogP contribution in [0.4, 0.5) is 0 Å². The maximum atomic E-state index is 12.5. The molecule has 0 aromatic heterocycles. The van der Waals surface area contributed by atoms with E-state index in [-0.39, 0.29) is 22.4 Å². The zero-order valence-electron chi connectivity index (χ0n) is 11.7. The second kappa shape index (κ2) is 7.06. The molecule has 0 aliphatic heterocycles. The lowest BCUT2D eigenvalue weighted by atomic mass is 10.1. The molecule has 1 aromatic rings. The van der Waals surface area contributed by atoms with Gasteiger partial charge in [0, 0.05) is 24.3 Å². The summed E-state index contributed by atoms with van der Waals surface area (Å²) in [7, 11) is 2.96. The van der Waals surface area contributed by atoms with Gasteiger partial charge in [0.15, 0.2) is 0 Å². The number of nitrogens with zero attached hydrogens (tertiary/aromatic N) is 1. The first-order chi connectivity index (χ1) is 9.32. The van der Waals surface area contributed by atoms with Gasteiger partial charge in [-0.25, -0.2) is 8.42 Å². The molecule has 0 radical (unpaired) electrons. The van der Waals surface area contributed by atoms with Crippen LogP contribution in [0.3, 0.4) is 0 Å². The monoisotopic (exact) mass is 319 g/mol. The van der Waals surface area contributed by atoms with Crippen LogP contribution in [0, 0.1) is 0 Å². The number of rotatable bonds is 6. The van der Waals surface area contributed by atoms with E-state index in [0.29, 0.717) is 13.2 Å². The Kier molecular flexibility index (Phi) is 5.98. The van der Waals surface area contributed by atoms with Crippen molar-refractivity contribution >= 4 is 25.6 Å². The normalized spacial score (nSPS) is 13.0. The predicted molar refractivity (Wildman–Crippen MR) is 77.5 cm³/mol. The standard InChI is InChI=1S/C13H18ClNO4S/c1-4-15(10(2)9-19-3)13(16)11-7-5-6-8-12(11)20(14,17)18/h5-8,10H,4,9H2,1-3H3. The Bertz CT molecular complexity index is 573. The first-order valence-electron chi connectivity index (χ1n) is 6.16. The van der Waals surface area contributed by atoms with Crippen LogP contribution in [-0.2, 0) is 13.8 Å². The summed E-state index contributed by atoms with van der Waals surface area (Å²) in [6.07, 6.45) is 0. The van der Waals surface area contributed by atoms with E-state index < -0.39 is 9.05 Å². The molecule has 0 fully saturated rings. The van der Waals surface area contributed by atoms with E-state index in [2.05, 4.69) is 0 Å². The molecule has 0 saturated carbocycles. The summed E-state index contributed by atoms with van der Waals surface area (Å²) in [6.45, 7) is 4.47. The van der Waals surface area contributed by atoms with Gasteiger partial charge in [0.2, 0.25) is 0 Å². The van der Waals surface area contributed by atoms with Crippen molar-refractivity contribution in [3.05, 3.63) is 29.8 Å². The summed E-state index contributed by atoms with van der Waals surface area (Å²) in [6, 6.07) is 5.75. The highest BCUT2D eigenvalue weighted by molar-refractivity contribution is 8.13. The number of hydrogen-bond donors (Lipinski definition) is 0. The lowest BCUT2D eigenvalue weighted by molar-refractivity contribution is 0.0575. The van der Waals surface area contributed by atoms with Crippen LogP contribution in [0.1, 0.15) is 24.2 Å². The molecule has 1 amide bonds. The van der Waals surface area contributed by atoms with Crippen molar-refractivity contribution in [2.24, 2.45) is 0 Å². The topological polar surface area (TPSA) is 63.7 Å². The largest absolute Gasteiger partial charge is 0.383 e. The van der Waals surface area contributed by atoms with Gasteiger partial charge in [0.1, 0.15) is 0 Å². The van der Waals surface area contributed by atoms with Crippen molar-refractivity contribution in [1.82, 2.24) is 4.90 Å². The van der Waals surface area contributed by atoms with Gasteiger partial charge in [-0.05, 0) is 26.0 Å². The van der Waals surface area contributed by atoms with E-state index >= 15 is 0 Å². The molecule has 1 rings (SSSR count). The lowest BCUT2D eigenvalue weighted by Gasteiger charge is -2.28. The zero-order chi connectivity index (χ0) is 15.3. The van der Waals surface area contributed by atoms with Gasteiger partial charge in [-0.3, -0.25) is 4.79 Å². The molecule has 0 bridgehead atoms. The Hall–Kier alpha value is -1.11. The van der Waals surface area contributed by atoms with Crippen LogP contribution in [0.5, 0.6) is 0 Å². The third kappa shape index (κ3) is 3.94. The van der Waals surface area contributed by atoms with E-state index in [1.165, 1.54) is 18.2 Å². The minimum atomic E-state index is -3.96.